The van der Waals surface area contributed by atoms with Gasteiger partial charge in [0.05, 0.1) is 11.6 Å². The van der Waals surface area contributed by atoms with Gasteiger partial charge >= 0.3 is 0 Å². The van der Waals surface area contributed by atoms with Crippen molar-refractivity contribution in [3.8, 4) is 5.75 Å². The number of rotatable bonds is 4. The molecule has 1 atom stereocenters. The Labute approximate surface area is 130 Å². The van der Waals surface area contributed by atoms with Crippen LogP contribution in [0.4, 0.5) is 0 Å². The van der Waals surface area contributed by atoms with Crippen molar-refractivity contribution in [2.45, 2.75) is 45.3 Å². The van der Waals surface area contributed by atoms with Crippen molar-refractivity contribution in [3.05, 3.63) is 28.8 Å². The zero-order chi connectivity index (χ0) is 15.6. The van der Waals surface area contributed by atoms with Gasteiger partial charge in [0.15, 0.2) is 6.61 Å². The molecule has 1 fully saturated rings. The second-order valence-corrected chi connectivity index (χ2v) is 6.51. The Hall–Kier alpha value is -1.26. The normalized spacial score (nSPS) is 18.9. The third-order valence-corrected chi connectivity index (χ3v) is 4.30. The molecule has 0 aliphatic carbocycles. The molecule has 0 aromatic heterocycles. The molecule has 4 nitrogen and oxygen atoms in total. The number of aryl methyl sites for hydroxylation is 1. The number of hydrogen-bond donors (Lipinski definition) is 1. The van der Waals surface area contributed by atoms with Crippen LogP contribution in [0.15, 0.2) is 18.2 Å². The van der Waals surface area contributed by atoms with Crippen LogP contribution in [0.3, 0.4) is 0 Å². The highest BCUT2D eigenvalue weighted by atomic mass is 35.5. The number of hydrogen-bond acceptors (Lipinski definition) is 3. The molecule has 1 heterocycles. The van der Waals surface area contributed by atoms with Gasteiger partial charge in [-0.15, -0.1) is 0 Å². The molecule has 1 aromatic carbocycles. The van der Waals surface area contributed by atoms with E-state index in [9.17, 15) is 9.90 Å². The molecule has 21 heavy (non-hydrogen) atoms. The largest absolute Gasteiger partial charge is 0.484 e. The van der Waals surface area contributed by atoms with Gasteiger partial charge in [-0.25, -0.2) is 0 Å². The number of carbonyl (C=O) groups excluding carboxylic acids is 1. The first-order valence-corrected chi connectivity index (χ1v) is 7.57. The lowest BCUT2D eigenvalue weighted by molar-refractivity contribution is -0.138. The highest BCUT2D eigenvalue weighted by Crippen LogP contribution is 2.27. The van der Waals surface area contributed by atoms with Crippen LogP contribution in [-0.2, 0) is 4.79 Å². The molecule has 0 bridgehead atoms. The zero-order valence-corrected chi connectivity index (χ0v) is 13.5. The average Bonchev–Trinajstić information content (AvgIpc) is 2.89. The maximum absolute atomic E-state index is 12.3. The van der Waals surface area contributed by atoms with Gasteiger partial charge in [0.25, 0.3) is 5.91 Å². The van der Waals surface area contributed by atoms with E-state index in [2.05, 4.69) is 0 Å². The number of nitrogens with zero attached hydrogens (tertiary/aromatic N) is 1. The number of carbonyl (C=O) groups is 1. The monoisotopic (exact) mass is 311 g/mol. The van der Waals surface area contributed by atoms with Crippen LogP contribution in [0.5, 0.6) is 5.75 Å². The van der Waals surface area contributed by atoms with E-state index in [0.717, 1.165) is 18.4 Å². The third kappa shape index (κ3) is 3.89. The molecule has 1 saturated heterocycles. The van der Waals surface area contributed by atoms with Crippen LogP contribution in [-0.4, -0.2) is 40.7 Å². The van der Waals surface area contributed by atoms with E-state index in [1.165, 1.54) is 0 Å². The van der Waals surface area contributed by atoms with E-state index in [0.29, 0.717) is 17.3 Å². The molecular weight excluding hydrogens is 290 g/mol. The standard InChI is InChI=1S/C16H22ClNO3/c1-11-9-12(6-7-13(11)17)21-10-15(19)18-8-4-5-14(18)16(2,3)20/h6-7,9,14,20H,4-5,8,10H2,1-3H3. The van der Waals surface area contributed by atoms with Gasteiger partial charge in [-0.3, -0.25) is 4.79 Å². The smallest absolute Gasteiger partial charge is 0.260 e. The number of likely N-dealkylation sites (tertiary alicyclic amines) is 1. The van der Waals surface area contributed by atoms with Gasteiger partial charge in [0.1, 0.15) is 5.75 Å². The minimum atomic E-state index is -0.886. The lowest BCUT2D eigenvalue weighted by Gasteiger charge is -2.33. The van der Waals surface area contributed by atoms with E-state index >= 15 is 0 Å². The number of aliphatic hydroxyl groups is 1. The molecule has 1 amide bonds. The van der Waals surface area contributed by atoms with Gasteiger partial charge in [-0.2, -0.15) is 0 Å². The first-order valence-electron chi connectivity index (χ1n) is 7.20. The maximum atomic E-state index is 12.3. The number of benzene rings is 1. The van der Waals surface area contributed by atoms with E-state index in [4.69, 9.17) is 16.3 Å². The van der Waals surface area contributed by atoms with E-state index < -0.39 is 5.60 Å². The number of amides is 1. The minimum Gasteiger partial charge on any atom is -0.484 e. The summed E-state index contributed by atoms with van der Waals surface area (Å²) in [5.41, 5.74) is 0.0281. The van der Waals surface area contributed by atoms with Crippen molar-refractivity contribution in [1.29, 1.82) is 0 Å². The summed E-state index contributed by atoms with van der Waals surface area (Å²) in [6.07, 6.45) is 1.75. The zero-order valence-electron chi connectivity index (χ0n) is 12.7. The highest BCUT2D eigenvalue weighted by Gasteiger charge is 2.38. The van der Waals surface area contributed by atoms with Gasteiger partial charge in [-0.1, -0.05) is 11.6 Å². The van der Waals surface area contributed by atoms with Crippen LogP contribution in [0, 0.1) is 6.92 Å². The predicted molar refractivity (Wildman–Crippen MR) is 82.7 cm³/mol. The second-order valence-electron chi connectivity index (χ2n) is 6.10. The molecule has 2 rings (SSSR count). The van der Waals surface area contributed by atoms with Crippen molar-refractivity contribution in [2.75, 3.05) is 13.2 Å². The summed E-state index contributed by atoms with van der Waals surface area (Å²) in [4.78, 5) is 14.0. The van der Waals surface area contributed by atoms with Gasteiger partial charge in [0.2, 0.25) is 0 Å². The van der Waals surface area contributed by atoms with Crippen LogP contribution in [0.1, 0.15) is 32.3 Å². The molecule has 1 aliphatic rings. The van der Waals surface area contributed by atoms with Gasteiger partial charge < -0.3 is 14.7 Å². The van der Waals surface area contributed by atoms with E-state index in [1.54, 1.807) is 30.9 Å². The fourth-order valence-electron chi connectivity index (χ4n) is 2.73. The summed E-state index contributed by atoms with van der Waals surface area (Å²) in [5, 5.41) is 10.8. The Bertz CT molecular complexity index is 525. The van der Waals surface area contributed by atoms with Crippen molar-refractivity contribution in [3.63, 3.8) is 0 Å². The summed E-state index contributed by atoms with van der Waals surface area (Å²) in [5.74, 6) is 0.538. The Morgan fingerprint density at radius 2 is 2.24 bits per heavy atom. The Morgan fingerprint density at radius 3 is 2.86 bits per heavy atom. The fourth-order valence-corrected chi connectivity index (χ4v) is 2.85. The molecule has 0 radical (unpaired) electrons. The molecule has 0 spiro atoms. The van der Waals surface area contributed by atoms with Crippen molar-refractivity contribution < 1.29 is 14.6 Å². The van der Waals surface area contributed by atoms with E-state index in [1.807, 2.05) is 13.0 Å². The fraction of sp³-hybridized carbons (Fsp3) is 0.562. The molecular formula is C16H22ClNO3. The topological polar surface area (TPSA) is 49.8 Å². The first kappa shape index (κ1) is 16.1. The molecule has 1 aromatic rings. The number of halogens is 1. The average molecular weight is 312 g/mol. The minimum absolute atomic E-state index is 0.0202. The molecule has 5 heteroatoms. The second kappa shape index (κ2) is 6.24. The van der Waals surface area contributed by atoms with E-state index in [-0.39, 0.29) is 18.6 Å². The summed E-state index contributed by atoms with van der Waals surface area (Å²) in [6.45, 7) is 6.03. The summed E-state index contributed by atoms with van der Waals surface area (Å²) < 4.78 is 5.55. The van der Waals surface area contributed by atoms with Crippen LogP contribution >= 0.6 is 11.6 Å². The summed E-state index contributed by atoms with van der Waals surface area (Å²) in [7, 11) is 0. The van der Waals surface area contributed by atoms with Gasteiger partial charge in [-0.05, 0) is 57.4 Å². The lowest BCUT2D eigenvalue weighted by atomic mass is 9.97. The predicted octanol–water partition coefficient (Wildman–Crippen LogP) is 2.79. The van der Waals surface area contributed by atoms with Crippen molar-refractivity contribution in [2.24, 2.45) is 0 Å². The summed E-state index contributed by atoms with van der Waals surface area (Å²) in [6, 6.07) is 5.18. The molecule has 1 unspecified atom stereocenters. The highest BCUT2D eigenvalue weighted by molar-refractivity contribution is 6.31. The maximum Gasteiger partial charge on any atom is 0.260 e. The van der Waals surface area contributed by atoms with Crippen LogP contribution in [0.2, 0.25) is 5.02 Å². The summed E-state index contributed by atoms with van der Waals surface area (Å²) >= 11 is 5.96. The van der Waals surface area contributed by atoms with Crippen LogP contribution < -0.4 is 4.74 Å². The van der Waals surface area contributed by atoms with Crippen LogP contribution in [0.25, 0.3) is 0 Å². The Kier molecular flexibility index (Phi) is 4.79. The van der Waals surface area contributed by atoms with Crippen molar-refractivity contribution in [1.82, 2.24) is 4.90 Å². The molecule has 1 N–H and O–H groups in total. The number of ether oxygens (including phenoxy) is 1. The first-order chi connectivity index (χ1) is 9.79. The molecule has 116 valence electrons. The van der Waals surface area contributed by atoms with Gasteiger partial charge in [0, 0.05) is 11.6 Å². The molecule has 0 saturated carbocycles. The van der Waals surface area contributed by atoms with Crippen molar-refractivity contribution >= 4 is 17.5 Å². The Balaban J connectivity index is 1.96. The quantitative estimate of drug-likeness (QED) is 0.930. The third-order valence-electron chi connectivity index (χ3n) is 3.88. The molecule has 1 aliphatic heterocycles. The SMILES string of the molecule is Cc1cc(OCC(=O)N2CCCC2C(C)(C)O)ccc1Cl. The Morgan fingerprint density at radius 1 is 1.52 bits per heavy atom. The lowest BCUT2D eigenvalue weighted by Crippen LogP contribution is -2.49.